The Labute approximate surface area is 169 Å². The van der Waals surface area contributed by atoms with E-state index in [2.05, 4.69) is 6.92 Å². The quantitative estimate of drug-likeness (QED) is 0.755. The minimum absolute atomic E-state index is 0.0310. The number of fused-ring (bicyclic) bond motifs is 5. The van der Waals surface area contributed by atoms with E-state index in [-0.39, 0.29) is 24.5 Å². The summed E-state index contributed by atoms with van der Waals surface area (Å²) in [6, 6.07) is 5.71. The molecule has 3 heterocycles. The van der Waals surface area contributed by atoms with Crippen molar-refractivity contribution < 1.29 is 33.6 Å². The van der Waals surface area contributed by atoms with Crippen LogP contribution in [0.25, 0.3) is 0 Å². The van der Waals surface area contributed by atoms with Gasteiger partial charge in [0.25, 0.3) is 0 Å². The van der Waals surface area contributed by atoms with Crippen LogP contribution in [0.15, 0.2) is 18.2 Å². The van der Waals surface area contributed by atoms with Gasteiger partial charge in [-0.15, -0.1) is 0 Å². The van der Waals surface area contributed by atoms with Crippen molar-refractivity contribution >= 4 is 0 Å². The van der Waals surface area contributed by atoms with Gasteiger partial charge in [0, 0.05) is 12.3 Å². The molecule has 2 N–H and O–H groups in total. The Morgan fingerprint density at radius 2 is 1.93 bits per heavy atom. The summed E-state index contributed by atoms with van der Waals surface area (Å²) >= 11 is 0. The maximum absolute atomic E-state index is 11.6. The van der Waals surface area contributed by atoms with Gasteiger partial charge in [-0.1, -0.05) is 13.0 Å². The fourth-order valence-corrected chi connectivity index (χ4v) is 5.55. The third-order valence-electron chi connectivity index (χ3n) is 6.96. The normalized spacial score (nSPS) is 28.9. The summed E-state index contributed by atoms with van der Waals surface area (Å²) in [5.41, 5.74) is 3.66. The van der Waals surface area contributed by atoms with Gasteiger partial charge in [-0.25, -0.2) is 0 Å². The van der Waals surface area contributed by atoms with Crippen molar-refractivity contribution in [3.63, 3.8) is 0 Å². The Morgan fingerprint density at radius 1 is 1.14 bits per heavy atom. The molecule has 0 bridgehead atoms. The molecule has 0 saturated carbocycles. The first-order chi connectivity index (χ1) is 13.9. The average Bonchev–Trinajstić information content (AvgIpc) is 3.20. The van der Waals surface area contributed by atoms with E-state index in [1.165, 1.54) is 0 Å². The molecule has 3 aliphatic heterocycles. The lowest BCUT2D eigenvalue weighted by molar-refractivity contribution is -0.993. The van der Waals surface area contributed by atoms with Gasteiger partial charge in [0.15, 0.2) is 23.0 Å². The van der Waals surface area contributed by atoms with Crippen LogP contribution < -0.4 is 18.9 Å². The summed E-state index contributed by atoms with van der Waals surface area (Å²) in [5.74, 6) is 2.33. The lowest BCUT2D eigenvalue weighted by Crippen LogP contribution is -2.57. The predicted octanol–water partition coefficient (Wildman–Crippen LogP) is 2.99. The van der Waals surface area contributed by atoms with E-state index in [1.54, 1.807) is 14.2 Å². The predicted molar refractivity (Wildman–Crippen MR) is 105 cm³/mol. The molecule has 4 unspecified atom stereocenters. The molecule has 0 aromatic heterocycles. The lowest BCUT2D eigenvalue weighted by atomic mass is 9.74. The first-order valence-corrected chi connectivity index (χ1v) is 9.84. The van der Waals surface area contributed by atoms with Gasteiger partial charge in [0.1, 0.15) is 6.04 Å². The summed E-state index contributed by atoms with van der Waals surface area (Å²) in [7, 11) is 5.24. The molecule has 0 fully saturated rings. The lowest BCUT2D eigenvalue weighted by Gasteiger charge is -2.54. The number of aliphatic hydroxyl groups is 1. The highest BCUT2D eigenvalue weighted by Gasteiger charge is 2.55. The molecular weight excluding hydrogens is 374 g/mol. The zero-order valence-electron chi connectivity index (χ0n) is 17.1. The highest BCUT2D eigenvalue weighted by Crippen LogP contribution is 2.60. The van der Waals surface area contributed by atoms with Gasteiger partial charge < -0.3 is 29.2 Å². The van der Waals surface area contributed by atoms with Crippen molar-refractivity contribution in [1.82, 2.24) is 0 Å². The summed E-state index contributed by atoms with van der Waals surface area (Å²) in [6.45, 7) is 2.97. The fraction of sp³-hybridized carbons (Fsp3) is 0.455. The van der Waals surface area contributed by atoms with E-state index in [9.17, 15) is 10.2 Å². The van der Waals surface area contributed by atoms with Gasteiger partial charge in [-0.3, -0.25) is 4.48 Å². The van der Waals surface area contributed by atoms with Crippen LogP contribution >= 0.6 is 0 Å². The Kier molecular flexibility index (Phi) is 3.92. The van der Waals surface area contributed by atoms with Gasteiger partial charge in [-0.2, -0.15) is 0 Å². The number of rotatable bonds is 2. The van der Waals surface area contributed by atoms with Crippen molar-refractivity contribution in [1.29, 1.82) is 0 Å². The molecule has 5 rings (SSSR count). The summed E-state index contributed by atoms with van der Waals surface area (Å²) in [4.78, 5) is 0. The van der Waals surface area contributed by atoms with Crippen LogP contribution in [-0.2, 0) is 6.42 Å². The van der Waals surface area contributed by atoms with Gasteiger partial charge >= 0.3 is 0 Å². The van der Waals surface area contributed by atoms with Crippen molar-refractivity contribution in [3.8, 4) is 28.7 Å². The van der Waals surface area contributed by atoms with E-state index in [1.807, 2.05) is 25.2 Å². The second kappa shape index (κ2) is 6.18. The number of likely N-dealkylation sites (N-methyl/N-ethyl adjacent to an activating group) is 1. The smallest absolute Gasteiger partial charge is 0.231 e. The molecule has 154 valence electrons. The fourth-order valence-electron chi connectivity index (χ4n) is 5.55. The Morgan fingerprint density at radius 3 is 2.66 bits per heavy atom. The molecule has 7 heteroatoms. The molecule has 0 radical (unpaired) electrons. The van der Waals surface area contributed by atoms with Crippen molar-refractivity contribution in [2.24, 2.45) is 0 Å². The number of aliphatic hydroxyl groups excluding tert-OH is 1. The van der Waals surface area contributed by atoms with Crippen LogP contribution in [-0.4, -0.2) is 49.3 Å². The number of hydrogen-bond donors (Lipinski definition) is 2. The van der Waals surface area contributed by atoms with E-state index in [4.69, 9.17) is 18.9 Å². The molecule has 0 saturated heterocycles. The van der Waals surface area contributed by atoms with Crippen LogP contribution in [0.3, 0.4) is 0 Å². The minimum atomic E-state index is -0.811. The van der Waals surface area contributed by atoms with Crippen molar-refractivity contribution in [2.75, 3.05) is 34.6 Å². The van der Waals surface area contributed by atoms with Crippen LogP contribution in [0.2, 0.25) is 0 Å². The highest BCUT2D eigenvalue weighted by molar-refractivity contribution is 5.62. The summed E-state index contributed by atoms with van der Waals surface area (Å²) in [6.07, 6.45) is -0.0907. The maximum atomic E-state index is 11.6. The standard InChI is InChI=1S/C22H25NO6/c1-11-13-5-6-14(26-3)20(27-4)17(13)22(25)23(2)8-7-12-9-15-21(29-10-28-15)19(24)16(12)18(11)23/h5-6,9,11,18,22,25H,7-8,10H2,1-4H3/p+1. The third-order valence-corrected chi connectivity index (χ3v) is 6.96. The monoisotopic (exact) mass is 400 g/mol. The second-order valence-corrected chi connectivity index (χ2v) is 8.26. The first-order valence-electron chi connectivity index (χ1n) is 9.84. The molecular formula is C22H26NO6+. The van der Waals surface area contributed by atoms with Crippen LogP contribution in [0.5, 0.6) is 28.7 Å². The molecule has 7 nitrogen and oxygen atoms in total. The minimum Gasteiger partial charge on any atom is -0.504 e. The topological polar surface area (TPSA) is 77.4 Å². The van der Waals surface area contributed by atoms with Crippen LogP contribution in [0, 0.1) is 0 Å². The zero-order chi connectivity index (χ0) is 20.5. The molecule has 3 aliphatic rings. The highest BCUT2D eigenvalue weighted by atomic mass is 16.7. The number of quaternary nitrogens is 1. The SMILES string of the molecule is COc1ccc2c(c1OC)C(O)[N+]1(C)CCc3cc4c(c(O)c3C1C2C)OCO4. The number of phenols is 1. The second-order valence-electron chi connectivity index (χ2n) is 8.26. The molecule has 4 atom stereocenters. The number of aromatic hydroxyl groups is 1. The average molecular weight is 400 g/mol. The Bertz CT molecular complexity index is 1010. The van der Waals surface area contributed by atoms with Gasteiger partial charge in [0.05, 0.1) is 38.9 Å². The molecule has 0 aliphatic carbocycles. The van der Waals surface area contributed by atoms with Gasteiger partial charge in [-0.05, 0) is 23.3 Å². The number of methoxy groups -OCH3 is 2. The Balaban J connectivity index is 1.75. The number of ether oxygens (including phenoxy) is 4. The van der Waals surface area contributed by atoms with E-state index in [0.29, 0.717) is 27.5 Å². The third kappa shape index (κ3) is 2.25. The molecule has 2 aromatic rings. The molecule has 0 spiro atoms. The maximum Gasteiger partial charge on any atom is 0.231 e. The first kappa shape index (κ1) is 18.4. The van der Waals surface area contributed by atoms with Gasteiger partial charge in [0.2, 0.25) is 18.8 Å². The van der Waals surface area contributed by atoms with E-state index in [0.717, 1.165) is 35.2 Å². The summed E-state index contributed by atoms with van der Waals surface area (Å²) < 4.78 is 22.5. The summed E-state index contributed by atoms with van der Waals surface area (Å²) in [5, 5.41) is 22.7. The number of phenolic OH excluding ortho intramolecular Hbond substituents is 1. The van der Waals surface area contributed by atoms with Crippen LogP contribution in [0.1, 0.15) is 47.4 Å². The van der Waals surface area contributed by atoms with E-state index >= 15 is 0 Å². The van der Waals surface area contributed by atoms with E-state index < -0.39 is 6.23 Å². The zero-order valence-corrected chi connectivity index (χ0v) is 17.1. The number of hydrogen-bond acceptors (Lipinski definition) is 6. The van der Waals surface area contributed by atoms with Crippen molar-refractivity contribution in [2.45, 2.75) is 31.5 Å². The molecule has 2 aromatic carbocycles. The van der Waals surface area contributed by atoms with Crippen LogP contribution in [0.4, 0.5) is 0 Å². The van der Waals surface area contributed by atoms with Crippen molar-refractivity contribution in [3.05, 3.63) is 40.5 Å². The number of benzene rings is 2. The molecule has 0 amide bonds. The Hall–Kier alpha value is -2.64. The molecule has 29 heavy (non-hydrogen) atoms. The largest absolute Gasteiger partial charge is 0.504 e. The number of nitrogens with zero attached hydrogens (tertiary/aromatic N) is 1.